The molecule has 1 N–H and O–H groups in total. The van der Waals surface area contributed by atoms with Crippen molar-refractivity contribution in [2.75, 3.05) is 0 Å². The van der Waals surface area contributed by atoms with Gasteiger partial charge in [-0.3, -0.25) is 4.79 Å². The monoisotopic (exact) mass is 238 g/mol. The van der Waals surface area contributed by atoms with Crippen LogP contribution in [0.4, 0.5) is 4.39 Å². The van der Waals surface area contributed by atoms with Crippen molar-refractivity contribution < 1.29 is 14.3 Å². The van der Waals surface area contributed by atoms with Crippen molar-refractivity contribution in [3.05, 3.63) is 35.6 Å². The standard InChI is InChI=1S/C14H19FO2/c1-3-10(2)4-9-13(14(16)17)11-5-7-12(15)8-6-11/h5-8,10,13H,3-4,9H2,1-2H3,(H,16,17). The molecule has 94 valence electrons. The van der Waals surface area contributed by atoms with E-state index in [-0.39, 0.29) is 5.82 Å². The first kappa shape index (κ1) is 13.7. The summed E-state index contributed by atoms with van der Waals surface area (Å²) in [4.78, 5) is 11.2. The summed E-state index contributed by atoms with van der Waals surface area (Å²) in [5.41, 5.74) is 0.683. The third kappa shape index (κ3) is 4.17. The van der Waals surface area contributed by atoms with Crippen molar-refractivity contribution in [2.24, 2.45) is 5.92 Å². The fourth-order valence-corrected chi connectivity index (χ4v) is 1.78. The summed E-state index contributed by atoms with van der Waals surface area (Å²) in [5.74, 6) is -1.17. The van der Waals surface area contributed by atoms with E-state index in [2.05, 4.69) is 13.8 Å². The Labute approximate surface area is 101 Å². The zero-order valence-electron chi connectivity index (χ0n) is 10.3. The van der Waals surface area contributed by atoms with E-state index in [1.165, 1.54) is 12.1 Å². The molecule has 3 heteroatoms. The van der Waals surface area contributed by atoms with Crippen LogP contribution in [0.1, 0.15) is 44.6 Å². The van der Waals surface area contributed by atoms with Crippen molar-refractivity contribution in [2.45, 2.75) is 39.0 Å². The molecule has 0 aliphatic heterocycles. The zero-order chi connectivity index (χ0) is 12.8. The zero-order valence-corrected chi connectivity index (χ0v) is 10.3. The van der Waals surface area contributed by atoms with Crippen LogP contribution in [0.2, 0.25) is 0 Å². The van der Waals surface area contributed by atoms with Gasteiger partial charge in [-0.1, -0.05) is 32.4 Å². The van der Waals surface area contributed by atoms with Gasteiger partial charge < -0.3 is 5.11 Å². The van der Waals surface area contributed by atoms with Crippen LogP contribution >= 0.6 is 0 Å². The van der Waals surface area contributed by atoms with E-state index in [1.807, 2.05) is 0 Å². The molecule has 17 heavy (non-hydrogen) atoms. The highest BCUT2D eigenvalue weighted by atomic mass is 19.1. The molecule has 0 bridgehead atoms. The maximum atomic E-state index is 12.8. The minimum Gasteiger partial charge on any atom is -0.481 e. The van der Waals surface area contributed by atoms with E-state index in [4.69, 9.17) is 0 Å². The normalized spacial score (nSPS) is 14.3. The molecule has 0 amide bonds. The van der Waals surface area contributed by atoms with Gasteiger partial charge in [0.25, 0.3) is 0 Å². The van der Waals surface area contributed by atoms with Gasteiger partial charge in [-0.2, -0.15) is 0 Å². The Balaban J connectivity index is 2.72. The summed E-state index contributed by atoms with van der Waals surface area (Å²) in [6.45, 7) is 4.21. The fraction of sp³-hybridized carbons (Fsp3) is 0.500. The molecule has 2 atom stereocenters. The van der Waals surface area contributed by atoms with Gasteiger partial charge in [-0.05, 0) is 36.5 Å². The van der Waals surface area contributed by atoms with Crippen molar-refractivity contribution in [1.29, 1.82) is 0 Å². The average Bonchev–Trinajstić information content (AvgIpc) is 2.31. The van der Waals surface area contributed by atoms with Crippen LogP contribution in [0.15, 0.2) is 24.3 Å². The molecule has 0 aliphatic carbocycles. The Morgan fingerprint density at radius 1 is 1.29 bits per heavy atom. The summed E-state index contributed by atoms with van der Waals surface area (Å²) >= 11 is 0. The third-order valence-corrected chi connectivity index (χ3v) is 3.22. The maximum Gasteiger partial charge on any atom is 0.310 e. The molecule has 0 radical (unpaired) electrons. The van der Waals surface area contributed by atoms with E-state index < -0.39 is 11.9 Å². The first-order valence-electron chi connectivity index (χ1n) is 6.02. The Morgan fingerprint density at radius 2 is 1.88 bits per heavy atom. The predicted molar refractivity (Wildman–Crippen MR) is 65.5 cm³/mol. The summed E-state index contributed by atoms with van der Waals surface area (Å²) in [6, 6.07) is 5.75. The lowest BCUT2D eigenvalue weighted by molar-refractivity contribution is -0.139. The van der Waals surface area contributed by atoms with Gasteiger partial charge >= 0.3 is 5.97 Å². The molecule has 2 nitrogen and oxygen atoms in total. The number of benzene rings is 1. The van der Waals surface area contributed by atoms with Crippen LogP contribution in [0, 0.1) is 11.7 Å². The minimum absolute atomic E-state index is 0.334. The quantitative estimate of drug-likeness (QED) is 0.818. The van der Waals surface area contributed by atoms with Gasteiger partial charge in [0.1, 0.15) is 5.82 Å². The van der Waals surface area contributed by atoms with Gasteiger partial charge in [-0.25, -0.2) is 4.39 Å². The van der Waals surface area contributed by atoms with Crippen molar-refractivity contribution >= 4 is 5.97 Å². The number of carboxylic acids is 1. The first-order chi connectivity index (χ1) is 8.04. The summed E-state index contributed by atoms with van der Waals surface area (Å²) in [7, 11) is 0. The SMILES string of the molecule is CCC(C)CCC(C(=O)O)c1ccc(F)cc1. The second-order valence-electron chi connectivity index (χ2n) is 4.53. The molecular formula is C14H19FO2. The smallest absolute Gasteiger partial charge is 0.310 e. The van der Waals surface area contributed by atoms with Crippen LogP contribution in [-0.4, -0.2) is 11.1 Å². The maximum absolute atomic E-state index is 12.8. The molecule has 0 saturated carbocycles. The third-order valence-electron chi connectivity index (χ3n) is 3.22. The summed E-state index contributed by atoms with van der Waals surface area (Å²) in [6.07, 6.45) is 2.54. The highest BCUT2D eigenvalue weighted by Crippen LogP contribution is 2.25. The molecule has 0 aromatic heterocycles. The molecule has 0 heterocycles. The van der Waals surface area contributed by atoms with Crippen molar-refractivity contribution in [3.8, 4) is 0 Å². The van der Waals surface area contributed by atoms with Gasteiger partial charge in [0.2, 0.25) is 0 Å². The average molecular weight is 238 g/mol. The lowest BCUT2D eigenvalue weighted by atomic mass is 9.90. The number of aliphatic carboxylic acids is 1. The van der Waals surface area contributed by atoms with E-state index in [9.17, 15) is 14.3 Å². The highest BCUT2D eigenvalue weighted by Gasteiger charge is 2.20. The molecular weight excluding hydrogens is 219 g/mol. The molecule has 0 spiro atoms. The Bertz CT molecular complexity index is 359. The van der Waals surface area contributed by atoms with Crippen molar-refractivity contribution in [1.82, 2.24) is 0 Å². The van der Waals surface area contributed by atoms with Crippen LogP contribution in [0.5, 0.6) is 0 Å². The van der Waals surface area contributed by atoms with Crippen LogP contribution in [0.25, 0.3) is 0 Å². The van der Waals surface area contributed by atoms with Crippen LogP contribution in [-0.2, 0) is 4.79 Å². The predicted octanol–water partition coefficient (Wildman–Crippen LogP) is 3.82. The Hall–Kier alpha value is -1.38. The number of halogens is 1. The topological polar surface area (TPSA) is 37.3 Å². The number of hydrogen-bond acceptors (Lipinski definition) is 1. The molecule has 0 saturated heterocycles. The molecule has 2 unspecified atom stereocenters. The van der Waals surface area contributed by atoms with E-state index >= 15 is 0 Å². The fourth-order valence-electron chi connectivity index (χ4n) is 1.78. The Morgan fingerprint density at radius 3 is 2.35 bits per heavy atom. The molecule has 1 aromatic carbocycles. The second kappa shape index (κ2) is 6.38. The summed E-state index contributed by atoms with van der Waals surface area (Å²) in [5, 5.41) is 9.19. The molecule has 1 aromatic rings. The van der Waals surface area contributed by atoms with Gasteiger partial charge in [0.15, 0.2) is 0 Å². The van der Waals surface area contributed by atoms with Gasteiger partial charge in [-0.15, -0.1) is 0 Å². The summed E-state index contributed by atoms with van der Waals surface area (Å²) < 4.78 is 12.8. The molecule has 0 fully saturated rings. The van der Waals surface area contributed by atoms with E-state index in [0.717, 1.165) is 12.8 Å². The van der Waals surface area contributed by atoms with Crippen LogP contribution in [0.3, 0.4) is 0 Å². The lowest BCUT2D eigenvalue weighted by Crippen LogP contribution is -2.13. The van der Waals surface area contributed by atoms with Gasteiger partial charge in [0, 0.05) is 0 Å². The number of carboxylic acid groups (broad SMARTS) is 1. The number of carbonyl (C=O) groups is 1. The minimum atomic E-state index is -0.833. The first-order valence-corrected chi connectivity index (χ1v) is 6.02. The lowest BCUT2D eigenvalue weighted by Gasteiger charge is -2.15. The second-order valence-corrected chi connectivity index (χ2v) is 4.53. The highest BCUT2D eigenvalue weighted by molar-refractivity contribution is 5.75. The van der Waals surface area contributed by atoms with E-state index in [1.54, 1.807) is 12.1 Å². The number of hydrogen-bond donors (Lipinski definition) is 1. The molecule has 1 rings (SSSR count). The van der Waals surface area contributed by atoms with E-state index in [0.29, 0.717) is 17.9 Å². The van der Waals surface area contributed by atoms with Crippen molar-refractivity contribution in [3.63, 3.8) is 0 Å². The molecule has 0 aliphatic rings. The number of rotatable bonds is 6. The van der Waals surface area contributed by atoms with Gasteiger partial charge in [0.05, 0.1) is 5.92 Å². The Kier molecular flexibility index (Phi) is 5.13. The largest absolute Gasteiger partial charge is 0.481 e. The van der Waals surface area contributed by atoms with Crippen LogP contribution < -0.4 is 0 Å².